The molecule has 11 heavy (non-hydrogen) atoms. The average molecular weight is 148 g/mol. The van der Waals surface area contributed by atoms with Gasteiger partial charge < -0.3 is 0 Å². The van der Waals surface area contributed by atoms with Crippen LogP contribution in [-0.4, -0.2) is 0 Å². The zero-order chi connectivity index (χ0) is 7.68. The van der Waals surface area contributed by atoms with E-state index in [9.17, 15) is 0 Å². The topological polar surface area (TPSA) is 0 Å². The molecule has 0 saturated heterocycles. The fourth-order valence-corrected chi connectivity index (χ4v) is 2.31. The minimum Gasteiger partial charge on any atom is -0.0810 e. The van der Waals surface area contributed by atoms with E-state index in [2.05, 4.69) is 13.0 Å². The molecule has 2 rings (SSSR count). The standard InChI is InChI=1S/C11H16/c1-9-5-4-7-10-6-2-3-8-11(9)10/h5H,2-4,6-8H2,1H3. The molecule has 0 heterocycles. The summed E-state index contributed by atoms with van der Waals surface area (Å²) in [7, 11) is 0. The van der Waals surface area contributed by atoms with E-state index in [-0.39, 0.29) is 0 Å². The van der Waals surface area contributed by atoms with Gasteiger partial charge in [0.2, 0.25) is 0 Å². The van der Waals surface area contributed by atoms with Crippen molar-refractivity contribution in [1.82, 2.24) is 0 Å². The molecule has 2 aliphatic carbocycles. The molecule has 0 unspecified atom stereocenters. The second-order valence-corrected chi connectivity index (χ2v) is 3.72. The molecule has 0 radical (unpaired) electrons. The van der Waals surface area contributed by atoms with Crippen LogP contribution in [0.4, 0.5) is 0 Å². The molecular weight excluding hydrogens is 132 g/mol. The van der Waals surface area contributed by atoms with Crippen molar-refractivity contribution >= 4 is 0 Å². The lowest BCUT2D eigenvalue weighted by atomic mass is 9.82. The highest BCUT2D eigenvalue weighted by Crippen LogP contribution is 2.35. The lowest BCUT2D eigenvalue weighted by molar-refractivity contribution is 0.642. The zero-order valence-corrected chi connectivity index (χ0v) is 7.32. The van der Waals surface area contributed by atoms with Crippen LogP contribution in [0.15, 0.2) is 22.8 Å². The summed E-state index contributed by atoms with van der Waals surface area (Å²) in [5.41, 5.74) is 5.06. The van der Waals surface area contributed by atoms with Gasteiger partial charge in [-0.3, -0.25) is 0 Å². The molecule has 0 aromatic heterocycles. The van der Waals surface area contributed by atoms with E-state index in [1.165, 1.54) is 38.5 Å². The van der Waals surface area contributed by atoms with Gasteiger partial charge in [-0.05, 0) is 51.0 Å². The molecule has 0 aromatic rings. The van der Waals surface area contributed by atoms with E-state index < -0.39 is 0 Å². The van der Waals surface area contributed by atoms with Crippen molar-refractivity contribution in [2.45, 2.75) is 45.4 Å². The van der Waals surface area contributed by atoms with E-state index in [4.69, 9.17) is 0 Å². The number of allylic oxidation sites excluding steroid dienone is 4. The minimum absolute atomic E-state index is 1.30. The summed E-state index contributed by atoms with van der Waals surface area (Å²) < 4.78 is 0. The Hall–Kier alpha value is -0.520. The number of hydrogen-bond acceptors (Lipinski definition) is 0. The smallest absolute Gasteiger partial charge is 0.0277 e. The van der Waals surface area contributed by atoms with Gasteiger partial charge in [0.25, 0.3) is 0 Å². The third-order valence-corrected chi connectivity index (χ3v) is 2.95. The fraction of sp³-hybridized carbons (Fsp3) is 0.636. The first kappa shape index (κ1) is 7.15. The van der Waals surface area contributed by atoms with Gasteiger partial charge in [-0.15, -0.1) is 0 Å². The van der Waals surface area contributed by atoms with Gasteiger partial charge in [-0.1, -0.05) is 17.2 Å². The quantitative estimate of drug-likeness (QED) is 0.492. The van der Waals surface area contributed by atoms with E-state index in [0.29, 0.717) is 0 Å². The normalized spacial score (nSPS) is 24.6. The number of hydrogen-bond donors (Lipinski definition) is 0. The molecule has 0 saturated carbocycles. The van der Waals surface area contributed by atoms with Crippen LogP contribution in [0.2, 0.25) is 0 Å². The molecular formula is C11H16. The minimum atomic E-state index is 1.30. The third-order valence-electron chi connectivity index (χ3n) is 2.95. The lowest BCUT2D eigenvalue weighted by Crippen LogP contribution is -2.04. The van der Waals surface area contributed by atoms with Crippen LogP contribution >= 0.6 is 0 Å². The summed E-state index contributed by atoms with van der Waals surface area (Å²) in [5.74, 6) is 0. The maximum absolute atomic E-state index is 2.41. The Morgan fingerprint density at radius 2 is 1.91 bits per heavy atom. The Morgan fingerprint density at radius 1 is 1.09 bits per heavy atom. The Kier molecular flexibility index (Phi) is 1.85. The zero-order valence-electron chi connectivity index (χ0n) is 7.32. The summed E-state index contributed by atoms with van der Waals surface area (Å²) in [6, 6.07) is 0. The highest BCUT2D eigenvalue weighted by atomic mass is 14.2. The van der Waals surface area contributed by atoms with Crippen LogP contribution in [0.3, 0.4) is 0 Å². The van der Waals surface area contributed by atoms with Crippen molar-refractivity contribution in [3.8, 4) is 0 Å². The Morgan fingerprint density at radius 3 is 2.73 bits per heavy atom. The van der Waals surface area contributed by atoms with Crippen molar-refractivity contribution < 1.29 is 0 Å². The summed E-state index contributed by atoms with van der Waals surface area (Å²) in [4.78, 5) is 0. The van der Waals surface area contributed by atoms with Crippen molar-refractivity contribution in [3.63, 3.8) is 0 Å². The maximum atomic E-state index is 2.41. The Labute approximate surface area is 69.0 Å². The number of rotatable bonds is 0. The second kappa shape index (κ2) is 2.84. The molecule has 0 atom stereocenters. The molecule has 0 amide bonds. The Bertz CT molecular complexity index is 218. The van der Waals surface area contributed by atoms with Crippen molar-refractivity contribution in [2.24, 2.45) is 0 Å². The van der Waals surface area contributed by atoms with Gasteiger partial charge in [-0.2, -0.15) is 0 Å². The SMILES string of the molecule is CC1=CCCC2=C1CCCC2. The van der Waals surface area contributed by atoms with Gasteiger partial charge in [0.15, 0.2) is 0 Å². The first-order chi connectivity index (χ1) is 5.38. The highest BCUT2D eigenvalue weighted by Gasteiger charge is 2.15. The van der Waals surface area contributed by atoms with Crippen molar-refractivity contribution in [1.29, 1.82) is 0 Å². The molecule has 0 spiro atoms. The van der Waals surface area contributed by atoms with E-state index >= 15 is 0 Å². The first-order valence-electron chi connectivity index (χ1n) is 4.76. The lowest BCUT2D eigenvalue weighted by Gasteiger charge is -2.24. The molecule has 60 valence electrons. The summed E-state index contributed by atoms with van der Waals surface area (Å²) in [6.45, 7) is 2.28. The van der Waals surface area contributed by atoms with Gasteiger partial charge in [-0.25, -0.2) is 0 Å². The predicted molar refractivity (Wildman–Crippen MR) is 48.5 cm³/mol. The van der Waals surface area contributed by atoms with Gasteiger partial charge >= 0.3 is 0 Å². The first-order valence-corrected chi connectivity index (χ1v) is 4.76. The van der Waals surface area contributed by atoms with Crippen molar-refractivity contribution in [2.75, 3.05) is 0 Å². The van der Waals surface area contributed by atoms with E-state index in [0.717, 1.165) is 0 Å². The average Bonchev–Trinajstić information content (AvgIpc) is 2.06. The monoisotopic (exact) mass is 148 g/mol. The van der Waals surface area contributed by atoms with Gasteiger partial charge in [0.1, 0.15) is 0 Å². The highest BCUT2D eigenvalue weighted by molar-refractivity contribution is 5.38. The second-order valence-electron chi connectivity index (χ2n) is 3.72. The molecule has 0 nitrogen and oxygen atoms in total. The van der Waals surface area contributed by atoms with E-state index in [1.54, 1.807) is 16.7 Å². The molecule has 0 fully saturated rings. The summed E-state index contributed by atoms with van der Waals surface area (Å²) in [6.07, 6.45) is 10.7. The molecule has 2 aliphatic rings. The molecule has 0 heteroatoms. The molecule has 0 aliphatic heterocycles. The van der Waals surface area contributed by atoms with Crippen molar-refractivity contribution in [3.05, 3.63) is 22.8 Å². The molecule has 0 aromatic carbocycles. The molecule has 0 N–H and O–H groups in total. The van der Waals surface area contributed by atoms with Crippen LogP contribution in [0, 0.1) is 0 Å². The van der Waals surface area contributed by atoms with Gasteiger partial charge in [0, 0.05) is 0 Å². The predicted octanol–water partition coefficient (Wildman–Crippen LogP) is 3.60. The van der Waals surface area contributed by atoms with Crippen LogP contribution in [0.25, 0.3) is 0 Å². The van der Waals surface area contributed by atoms with E-state index in [1.807, 2.05) is 0 Å². The van der Waals surface area contributed by atoms with Crippen LogP contribution in [-0.2, 0) is 0 Å². The Balaban J connectivity index is 2.29. The molecule has 0 bridgehead atoms. The van der Waals surface area contributed by atoms with Crippen LogP contribution in [0.1, 0.15) is 45.4 Å². The van der Waals surface area contributed by atoms with Crippen LogP contribution in [0.5, 0.6) is 0 Å². The summed E-state index contributed by atoms with van der Waals surface area (Å²) in [5, 5.41) is 0. The van der Waals surface area contributed by atoms with Gasteiger partial charge in [0.05, 0.1) is 0 Å². The maximum Gasteiger partial charge on any atom is -0.0277 e. The third kappa shape index (κ3) is 1.26. The fourth-order valence-electron chi connectivity index (χ4n) is 2.31. The van der Waals surface area contributed by atoms with Crippen LogP contribution < -0.4 is 0 Å². The largest absolute Gasteiger partial charge is 0.0810 e. The summed E-state index contributed by atoms with van der Waals surface area (Å²) >= 11 is 0.